The molecule has 0 amide bonds. The molecule has 0 radical (unpaired) electrons. The second-order valence-corrected chi connectivity index (χ2v) is 5.54. The first kappa shape index (κ1) is 10.1. The van der Waals surface area contributed by atoms with E-state index in [0.717, 1.165) is 23.7 Å². The van der Waals surface area contributed by atoms with Gasteiger partial charge in [0.05, 0.1) is 0 Å². The molecule has 0 heterocycles. The van der Waals surface area contributed by atoms with Crippen molar-refractivity contribution in [1.82, 2.24) is 0 Å². The molecule has 1 saturated carbocycles. The molecular formula is C12H24. The normalized spacial score (nSPS) is 47.8. The Morgan fingerprint density at radius 1 is 1.08 bits per heavy atom. The van der Waals surface area contributed by atoms with Gasteiger partial charge in [-0.05, 0) is 35.5 Å². The minimum Gasteiger partial charge on any atom is -0.0628 e. The summed E-state index contributed by atoms with van der Waals surface area (Å²) in [5, 5.41) is 0. The van der Waals surface area contributed by atoms with Gasteiger partial charge in [0.1, 0.15) is 0 Å². The van der Waals surface area contributed by atoms with Crippen LogP contribution in [0.2, 0.25) is 0 Å². The molecule has 1 rings (SSSR count). The summed E-state index contributed by atoms with van der Waals surface area (Å²) in [6, 6.07) is 0. The fourth-order valence-electron chi connectivity index (χ4n) is 3.18. The predicted molar refractivity (Wildman–Crippen MR) is 55.1 cm³/mol. The molecule has 0 spiro atoms. The van der Waals surface area contributed by atoms with Crippen LogP contribution in [-0.2, 0) is 0 Å². The highest BCUT2D eigenvalue weighted by atomic mass is 14.6. The van der Waals surface area contributed by atoms with E-state index < -0.39 is 0 Å². The summed E-state index contributed by atoms with van der Waals surface area (Å²) in [7, 11) is 0. The zero-order valence-electron chi connectivity index (χ0n) is 9.52. The highest BCUT2D eigenvalue weighted by Crippen LogP contribution is 2.58. The first-order chi connectivity index (χ1) is 5.39. The van der Waals surface area contributed by atoms with E-state index in [0.29, 0.717) is 5.41 Å². The Morgan fingerprint density at radius 2 is 1.50 bits per heavy atom. The van der Waals surface area contributed by atoms with Crippen molar-refractivity contribution < 1.29 is 0 Å². The van der Waals surface area contributed by atoms with Gasteiger partial charge in [0.25, 0.3) is 0 Å². The average Bonchev–Trinajstić information content (AvgIpc) is 2.00. The van der Waals surface area contributed by atoms with Gasteiger partial charge in [-0.3, -0.25) is 0 Å². The van der Waals surface area contributed by atoms with E-state index in [1.54, 1.807) is 0 Å². The molecule has 0 saturated heterocycles. The van der Waals surface area contributed by atoms with Gasteiger partial charge < -0.3 is 0 Å². The van der Waals surface area contributed by atoms with Crippen LogP contribution in [0.5, 0.6) is 0 Å². The molecular weight excluding hydrogens is 144 g/mol. The fourth-order valence-corrected chi connectivity index (χ4v) is 3.18. The van der Waals surface area contributed by atoms with E-state index in [1.165, 1.54) is 6.42 Å². The Morgan fingerprint density at radius 3 is 1.83 bits per heavy atom. The first-order valence-corrected chi connectivity index (χ1v) is 5.39. The second kappa shape index (κ2) is 3.05. The molecule has 1 aliphatic carbocycles. The van der Waals surface area contributed by atoms with Crippen LogP contribution in [0.1, 0.15) is 48.0 Å². The van der Waals surface area contributed by atoms with Crippen molar-refractivity contribution >= 4 is 0 Å². The quantitative estimate of drug-likeness (QED) is 0.585. The Bertz CT molecular complexity index is 147. The summed E-state index contributed by atoms with van der Waals surface area (Å²) in [6.07, 6.45) is 1.40. The molecule has 0 aromatic heterocycles. The molecule has 0 bridgehead atoms. The summed E-state index contributed by atoms with van der Waals surface area (Å²) < 4.78 is 0. The van der Waals surface area contributed by atoms with E-state index >= 15 is 0 Å². The molecule has 72 valence electrons. The maximum atomic E-state index is 2.47. The maximum absolute atomic E-state index is 2.47. The van der Waals surface area contributed by atoms with Gasteiger partial charge in [0, 0.05) is 0 Å². The van der Waals surface area contributed by atoms with Crippen molar-refractivity contribution in [3.8, 4) is 0 Å². The van der Waals surface area contributed by atoms with Gasteiger partial charge in [-0.1, -0.05) is 41.5 Å². The molecule has 1 aliphatic rings. The van der Waals surface area contributed by atoms with Crippen LogP contribution in [0.4, 0.5) is 0 Å². The summed E-state index contributed by atoms with van der Waals surface area (Å²) in [5.41, 5.74) is 0.633. The predicted octanol–water partition coefficient (Wildman–Crippen LogP) is 3.96. The lowest BCUT2D eigenvalue weighted by atomic mass is 9.47. The summed E-state index contributed by atoms with van der Waals surface area (Å²) in [6.45, 7) is 14.4. The van der Waals surface area contributed by atoms with Crippen molar-refractivity contribution in [1.29, 1.82) is 0 Å². The third-order valence-electron chi connectivity index (χ3n) is 4.51. The van der Waals surface area contributed by atoms with E-state index in [4.69, 9.17) is 0 Å². The molecule has 0 N–H and O–H groups in total. The maximum Gasteiger partial charge on any atom is -0.0267 e. The van der Waals surface area contributed by atoms with Crippen LogP contribution < -0.4 is 0 Å². The topological polar surface area (TPSA) is 0 Å². The lowest BCUT2D eigenvalue weighted by molar-refractivity contribution is -0.0942. The minimum absolute atomic E-state index is 0.633. The largest absolute Gasteiger partial charge is 0.0628 e. The number of hydrogen-bond donors (Lipinski definition) is 0. The summed E-state index contributed by atoms with van der Waals surface area (Å²) >= 11 is 0. The Hall–Kier alpha value is 0. The SMILES string of the molecule is CC(C)CC1(C)C(C)C(C)C1C. The van der Waals surface area contributed by atoms with E-state index in [2.05, 4.69) is 41.5 Å². The standard InChI is InChI=1S/C12H24/c1-8(2)7-12(6)10(4)9(3)11(12)5/h8-11H,7H2,1-6H3. The average molecular weight is 168 g/mol. The molecule has 0 aromatic rings. The molecule has 0 aromatic carbocycles. The summed E-state index contributed by atoms with van der Waals surface area (Å²) in [5.74, 6) is 3.64. The van der Waals surface area contributed by atoms with Crippen molar-refractivity contribution in [3.63, 3.8) is 0 Å². The first-order valence-electron chi connectivity index (χ1n) is 5.39. The molecule has 1 fully saturated rings. The van der Waals surface area contributed by atoms with Crippen LogP contribution in [0, 0.1) is 29.1 Å². The van der Waals surface area contributed by atoms with Crippen LogP contribution in [-0.4, -0.2) is 0 Å². The number of rotatable bonds is 2. The fraction of sp³-hybridized carbons (Fsp3) is 1.00. The van der Waals surface area contributed by atoms with Crippen LogP contribution in [0.25, 0.3) is 0 Å². The highest BCUT2D eigenvalue weighted by molar-refractivity contribution is 4.99. The van der Waals surface area contributed by atoms with Gasteiger partial charge in [-0.25, -0.2) is 0 Å². The second-order valence-electron chi connectivity index (χ2n) is 5.54. The number of hydrogen-bond acceptors (Lipinski definition) is 0. The molecule has 0 heteroatoms. The van der Waals surface area contributed by atoms with Crippen LogP contribution >= 0.6 is 0 Å². The highest BCUT2D eigenvalue weighted by Gasteiger charge is 2.51. The Balaban J connectivity index is 2.60. The van der Waals surface area contributed by atoms with Gasteiger partial charge >= 0.3 is 0 Å². The summed E-state index contributed by atoms with van der Waals surface area (Å²) in [4.78, 5) is 0. The zero-order valence-corrected chi connectivity index (χ0v) is 9.52. The van der Waals surface area contributed by atoms with Crippen molar-refractivity contribution in [2.45, 2.75) is 48.0 Å². The Kier molecular flexibility index (Phi) is 2.56. The lowest BCUT2D eigenvalue weighted by Gasteiger charge is -2.58. The van der Waals surface area contributed by atoms with Gasteiger partial charge in [-0.15, -0.1) is 0 Å². The molecule has 0 nitrogen and oxygen atoms in total. The van der Waals surface area contributed by atoms with E-state index in [-0.39, 0.29) is 0 Å². The third-order valence-corrected chi connectivity index (χ3v) is 4.51. The van der Waals surface area contributed by atoms with E-state index in [1.807, 2.05) is 0 Å². The van der Waals surface area contributed by atoms with E-state index in [9.17, 15) is 0 Å². The van der Waals surface area contributed by atoms with Crippen molar-refractivity contribution in [2.24, 2.45) is 29.1 Å². The van der Waals surface area contributed by atoms with Crippen molar-refractivity contribution in [2.75, 3.05) is 0 Å². The van der Waals surface area contributed by atoms with Crippen LogP contribution in [0.3, 0.4) is 0 Å². The Labute approximate surface area is 77.7 Å². The monoisotopic (exact) mass is 168 g/mol. The molecule has 2 atom stereocenters. The third kappa shape index (κ3) is 1.30. The van der Waals surface area contributed by atoms with Crippen LogP contribution in [0.15, 0.2) is 0 Å². The molecule has 0 aliphatic heterocycles. The molecule has 12 heavy (non-hydrogen) atoms. The zero-order chi connectivity index (χ0) is 9.52. The molecule has 2 unspecified atom stereocenters. The smallest absolute Gasteiger partial charge is 0.0267 e. The van der Waals surface area contributed by atoms with Gasteiger partial charge in [0.15, 0.2) is 0 Å². The van der Waals surface area contributed by atoms with Gasteiger partial charge in [0.2, 0.25) is 0 Å². The van der Waals surface area contributed by atoms with Gasteiger partial charge in [-0.2, -0.15) is 0 Å². The van der Waals surface area contributed by atoms with Crippen molar-refractivity contribution in [3.05, 3.63) is 0 Å². The minimum atomic E-state index is 0.633. The lowest BCUT2D eigenvalue weighted by Crippen LogP contribution is -2.51.